The van der Waals surface area contributed by atoms with Crippen molar-refractivity contribution < 1.29 is 0 Å². The molecule has 0 aliphatic heterocycles. The topological polar surface area (TPSA) is 38.9 Å². The van der Waals surface area contributed by atoms with Crippen molar-refractivity contribution in [1.82, 2.24) is 4.98 Å². The van der Waals surface area contributed by atoms with E-state index in [1.165, 1.54) is 21.7 Å². The lowest BCUT2D eigenvalue weighted by Crippen LogP contribution is -1.98. The Morgan fingerprint density at radius 3 is 2.78 bits per heavy atom. The first-order valence-electron chi connectivity index (χ1n) is 6.43. The third-order valence-corrected chi connectivity index (χ3v) is 3.96. The lowest BCUT2D eigenvalue weighted by Gasteiger charge is -2.03. The molecule has 2 nitrogen and oxygen atoms in total. The minimum Gasteiger partial charge on any atom is -0.330 e. The smallest absolute Gasteiger partial charge is 0.0932 e. The molecule has 0 atom stereocenters. The predicted molar refractivity (Wildman–Crippen MR) is 79.0 cm³/mol. The molecule has 0 bridgehead atoms. The van der Waals surface area contributed by atoms with E-state index in [-0.39, 0.29) is 0 Å². The SMILES string of the molecule is Cc1ccc(-c2csc(CCCCN)n2)c(C)c1. The number of hydrogen-bond donors (Lipinski definition) is 1. The highest BCUT2D eigenvalue weighted by molar-refractivity contribution is 7.09. The van der Waals surface area contributed by atoms with Gasteiger partial charge in [0.2, 0.25) is 0 Å². The van der Waals surface area contributed by atoms with Crippen LogP contribution in [-0.4, -0.2) is 11.5 Å². The Labute approximate surface area is 113 Å². The number of rotatable bonds is 5. The van der Waals surface area contributed by atoms with Crippen LogP contribution in [0.25, 0.3) is 11.3 Å². The molecule has 0 amide bonds. The maximum Gasteiger partial charge on any atom is 0.0932 e. The molecule has 0 aliphatic rings. The van der Waals surface area contributed by atoms with E-state index >= 15 is 0 Å². The summed E-state index contributed by atoms with van der Waals surface area (Å²) in [5.74, 6) is 0. The van der Waals surface area contributed by atoms with Crippen molar-refractivity contribution in [2.75, 3.05) is 6.54 Å². The number of unbranched alkanes of at least 4 members (excludes halogenated alkanes) is 1. The first kappa shape index (κ1) is 13.2. The summed E-state index contributed by atoms with van der Waals surface area (Å²) in [6, 6.07) is 6.53. The fourth-order valence-corrected chi connectivity index (χ4v) is 2.91. The second-order valence-electron chi connectivity index (χ2n) is 4.69. The van der Waals surface area contributed by atoms with Crippen molar-refractivity contribution in [2.45, 2.75) is 33.1 Å². The molecule has 0 radical (unpaired) electrons. The van der Waals surface area contributed by atoms with Crippen LogP contribution in [-0.2, 0) is 6.42 Å². The van der Waals surface area contributed by atoms with Crippen LogP contribution >= 0.6 is 11.3 Å². The highest BCUT2D eigenvalue weighted by Crippen LogP contribution is 2.26. The van der Waals surface area contributed by atoms with Gasteiger partial charge in [-0.25, -0.2) is 4.98 Å². The molecule has 18 heavy (non-hydrogen) atoms. The maximum atomic E-state index is 5.51. The number of aromatic nitrogens is 1. The second-order valence-corrected chi connectivity index (χ2v) is 5.63. The largest absolute Gasteiger partial charge is 0.330 e. The summed E-state index contributed by atoms with van der Waals surface area (Å²) >= 11 is 1.76. The van der Waals surface area contributed by atoms with E-state index in [1.54, 1.807) is 11.3 Å². The van der Waals surface area contributed by atoms with Crippen LogP contribution in [0.15, 0.2) is 23.6 Å². The summed E-state index contributed by atoms with van der Waals surface area (Å²) < 4.78 is 0. The molecule has 3 heteroatoms. The first-order valence-corrected chi connectivity index (χ1v) is 7.31. The van der Waals surface area contributed by atoms with Gasteiger partial charge in [0, 0.05) is 10.9 Å². The van der Waals surface area contributed by atoms with Crippen molar-refractivity contribution in [1.29, 1.82) is 0 Å². The second kappa shape index (κ2) is 6.12. The van der Waals surface area contributed by atoms with Gasteiger partial charge < -0.3 is 5.73 Å². The number of nitrogens with two attached hydrogens (primary N) is 1. The van der Waals surface area contributed by atoms with Crippen LogP contribution < -0.4 is 5.73 Å². The van der Waals surface area contributed by atoms with Crippen LogP contribution in [0, 0.1) is 13.8 Å². The molecule has 96 valence electrons. The Bertz CT molecular complexity index is 517. The monoisotopic (exact) mass is 260 g/mol. The molecule has 0 aliphatic carbocycles. The molecule has 0 saturated carbocycles. The molecule has 2 N–H and O–H groups in total. The number of hydrogen-bond acceptors (Lipinski definition) is 3. The maximum absolute atomic E-state index is 5.51. The Hall–Kier alpha value is -1.19. The van der Waals surface area contributed by atoms with E-state index in [0.29, 0.717) is 0 Å². The van der Waals surface area contributed by atoms with Gasteiger partial charge in [0.1, 0.15) is 0 Å². The van der Waals surface area contributed by atoms with Crippen LogP contribution in [0.1, 0.15) is 29.0 Å². The molecule has 2 aromatic rings. The standard InChI is InChI=1S/C15H20N2S/c1-11-6-7-13(12(2)9-11)14-10-18-15(17-14)5-3-4-8-16/h6-7,9-10H,3-5,8,16H2,1-2H3. The average molecular weight is 260 g/mol. The van der Waals surface area contributed by atoms with Crippen LogP contribution in [0.2, 0.25) is 0 Å². The van der Waals surface area contributed by atoms with E-state index in [0.717, 1.165) is 31.5 Å². The molecular formula is C15H20N2S. The van der Waals surface area contributed by atoms with Crippen LogP contribution in [0.4, 0.5) is 0 Å². The average Bonchev–Trinajstić information content (AvgIpc) is 2.78. The zero-order chi connectivity index (χ0) is 13.0. The summed E-state index contributed by atoms with van der Waals surface area (Å²) in [4.78, 5) is 4.72. The summed E-state index contributed by atoms with van der Waals surface area (Å²) in [6.07, 6.45) is 3.27. The highest BCUT2D eigenvalue weighted by atomic mass is 32.1. The third-order valence-electron chi connectivity index (χ3n) is 3.05. The molecule has 1 aromatic carbocycles. The minimum absolute atomic E-state index is 0.773. The Morgan fingerprint density at radius 1 is 1.22 bits per heavy atom. The van der Waals surface area contributed by atoms with Gasteiger partial charge in [0.15, 0.2) is 0 Å². The van der Waals surface area contributed by atoms with Gasteiger partial charge in [-0.1, -0.05) is 23.8 Å². The minimum atomic E-state index is 0.773. The van der Waals surface area contributed by atoms with Crippen molar-refractivity contribution in [2.24, 2.45) is 5.73 Å². The van der Waals surface area contributed by atoms with Gasteiger partial charge in [-0.3, -0.25) is 0 Å². The Kier molecular flexibility index (Phi) is 4.50. The van der Waals surface area contributed by atoms with E-state index in [1.807, 2.05) is 0 Å². The number of aryl methyl sites for hydroxylation is 3. The van der Waals surface area contributed by atoms with Crippen molar-refractivity contribution in [3.05, 3.63) is 39.7 Å². The normalized spacial score (nSPS) is 10.8. The zero-order valence-corrected chi connectivity index (χ0v) is 11.9. The van der Waals surface area contributed by atoms with Gasteiger partial charge in [0.05, 0.1) is 10.7 Å². The number of thiazole rings is 1. The van der Waals surface area contributed by atoms with Gasteiger partial charge in [-0.15, -0.1) is 11.3 Å². The van der Waals surface area contributed by atoms with Gasteiger partial charge >= 0.3 is 0 Å². The number of nitrogens with zero attached hydrogens (tertiary/aromatic N) is 1. The van der Waals surface area contributed by atoms with Crippen LogP contribution in [0.3, 0.4) is 0 Å². The molecule has 1 aromatic heterocycles. The molecule has 0 saturated heterocycles. The number of benzene rings is 1. The fourth-order valence-electron chi connectivity index (χ4n) is 2.07. The summed E-state index contributed by atoms with van der Waals surface area (Å²) in [6.45, 7) is 5.04. The third kappa shape index (κ3) is 3.18. The molecule has 2 rings (SSSR count). The van der Waals surface area contributed by atoms with Crippen molar-refractivity contribution >= 4 is 11.3 Å². The highest BCUT2D eigenvalue weighted by Gasteiger charge is 2.07. The molecule has 0 unspecified atom stereocenters. The van der Waals surface area contributed by atoms with Crippen LogP contribution in [0.5, 0.6) is 0 Å². The Balaban J connectivity index is 2.13. The van der Waals surface area contributed by atoms with Crippen molar-refractivity contribution in [3.8, 4) is 11.3 Å². The van der Waals surface area contributed by atoms with Crippen molar-refractivity contribution in [3.63, 3.8) is 0 Å². The van der Waals surface area contributed by atoms with E-state index in [4.69, 9.17) is 10.7 Å². The Morgan fingerprint density at radius 2 is 2.06 bits per heavy atom. The summed E-state index contributed by atoms with van der Waals surface area (Å²) in [5.41, 5.74) is 10.5. The summed E-state index contributed by atoms with van der Waals surface area (Å²) in [5, 5.41) is 3.38. The van der Waals surface area contributed by atoms with Gasteiger partial charge in [-0.05, 0) is 45.2 Å². The van der Waals surface area contributed by atoms with E-state index in [2.05, 4.69) is 37.4 Å². The quantitative estimate of drug-likeness (QED) is 0.832. The molecular weight excluding hydrogens is 240 g/mol. The zero-order valence-electron chi connectivity index (χ0n) is 11.1. The first-order chi connectivity index (χ1) is 8.70. The summed E-state index contributed by atoms with van der Waals surface area (Å²) in [7, 11) is 0. The van der Waals surface area contributed by atoms with E-state index in [9.17, 15) is 0 Å². The molecule has 1 heterocycles. The molecule has 0 spiro atoms. The fraction of sp³-hybridized carbons (Fsp3) is 0.400. The van der Waals surface area contributed by atoms with Gasteiger partial charge in [0.25, 0.3) is 0 Å². The lowest BCUT2D eigenvalue weighted by molar-refractivity contribution is 0.742. The van der Waals surface area contributed by atoms with Gasteiger partial charge in [-0.2, -0.15) is 0 Å². The molecule has 0 fully saturated rings. The van der Waals surface area contributed by atoms with E-state index < -0.39 is 0 Å². The lowest BCUT2D eigenvalue weighted by atomic mass is 10.0. The predicted octanol–water partition coefficient (Wildman–Crippen LogP) is 3.71.